The van der Waals surface area contributed by atoms with Gasteiger partial charge in [0.2, 0.25) is 5.91 Å². The molecule has 0 bridgehead atoms. The topological polar surface area (TPSA) is 64.0 Å². The lowest BCUT2D eigenvalue weighted by Gasteiger charge is -2.14. The molecule has 1 unspecified atom stereocenters. The molecule has 0 aliphatic heterocycles. The molecule has 2 aromatic carbocycles. The van der Waals surface area contributed by atoms with Gasteiger partial charge in [-0.1, -0.05) is 61.5 Å². The molecular weight excluding hydrogens is 350 g/mol. The molecule has 0 radical (unpaired) electrons. The second-order valence-electron chi connectivity index (χ2n) is 6.78. The van der Waals surface area contributed by atoms with Gasteiger partial charge in [-0.15, -0.1) is 0 Å². The van der Waals surface area contributed by atoms with Crippen LogP contribution in [0.4, 0.5) is 0 Å². The van der Waals surface area contributed by atoms with Crippen molar-refractivity contribution in [3.63, 3.8) is 0 Å². The normalized spacial score (nSPS) is 11.8. The summed E-state index contributed by atoms with van der Waals surface area (Å²) in [5.41, 5.74) is 3.76. The third-order valence-electron chi connectivity index (χ3n) is 4.75. The number of aromatic nitrogens is 2. The lowest BCUT2D eigenvalue weighted by molar-refractivity contribution is -0.122. The summed E-state index contributed by atoms with van der Waals surface area (Å²) in [7, 11) is 0. The second-order valence-corrected chi connectivity index (χ2v) is 6.78. The van der Waals surface area contributed by atoms with Crippen LogP contribution < -0.4 is 10.9 Å². The fourth-order valence-corrected chi connectivity index (χ4v) is 3.02. The molecule has 1 amide bonds. The minimum atomic E-state index is -0.210. The number of nitrogens with zero attached hydrogens (tertiary/aromatic N) is 2. The Morgan fingerprint density at radius 1 is 1.04 bits per heavy atom. The van der Waals surface area contributed by atoms with E-state index in [-0.39, 0.29) is 30.5 Å². The van der Waals surface area contributed by atoms with Gasteiger partial charge in [0, 0.05) is 18.1 Å². The zero-order valence-electron chi connectivity index (χ0n) is 16.3. The molecule has 3 aromatic rings. The highest BCUT2D eigenvalue weighted by atomic mass is 16.2. The first-order chi connectivity index (χ1) is 13.6. The van der Waals surface area contributed by atoms with Crippen molar-refractivity contribution < 1.29 is 4.79 Å². The van der Waals surface area contributed by atoms with E-state index in [4.69, 9.17) is 0 Å². The molecular formula is C23H25N3O2. The minimum absolute atomic E-state index is 0.0817. The number of benzene rings is 2. The highest BCUT2D eigenvalue weighted by molar-refractivity contribution is 5.76. The molecule has 144 valence electrons. The van der Waals surface area contributed by atoms with Gasteiger partial charge >= 0.3 is 0 Å². The highest BCUT2D eigenvalue weighted by Crippen LogP contribution is 2.16. The van der Waals surface area contributed by atoms with E-state index in [0.717, 1.165) is 23.2 Å². The molecule has 5 nitrogen and oxygen atoms in total. The predicted octanol–water partition coefficient (Wildman–Crippen LogP) is 3.74. The Morgan fingerprint density at radius 3 is 2.43 bits per heavy atom. The van der Waals surface area contributed by atoms with Gasteiger partial charge in [-0.05, 0) is 30.5 Å². The standard InChI is InChI=1S/C23H25N3O2/c1-3-18-9-11-20(12-10-18)21-13-14-23(28)26(25-21)16-15-22(27)24-17(2)19-7-5-4-6-8-19/h4-14,17H,3,15-16H2,1-2H3,(H,24,27). The van der Waals surface area contributed by atoms with Gasteiger partial charge < -0.3 is 5.32 Å². The van der Waals surface area contributed by atoms with Crippen LogP contribution in [0.2, 0.25) is 0 Å². The number of aryl methyl sites for hydroxylation is 2. The Hall–Kier alpha value is -3.21. The SMILES string of the molecule is CCc1ccc(-c2ccc(=O)n(CCC(=O)NC(C)c3ccccc3)n2)cc1. The third-order valence-corrected chi connectivity index (χ3v) is 4.75. The maximum atomic E-state index is 12.3. The van der Waals surface area contributed by atoms with Gasteiger partial charge in [-0.3, -0.25) is 9.59 Å². The highest BCUT2D eigenvalue weighted by Gasteiger charge is 2.10. The zero-order chi connectivity index (χ0) is 19.9. The van der Waals surface area contributed by atoms with Crippen molar-refractivity contribution in [2.75, 3.05) is 0 Å². The van der Waals surface area contributed by atoms with Crippen LogP contribution in [0.1, 0.15) is 37.4 Å². The summed E-state index contributed by atoms with van der Waals surface area (Å²) in [6.07, 6.45) is 1.17. The Bertz CT molecular complexity index is 979. The van der Waals surface area contributed by atoms with Gasteiger partial charge in [0.25, 0.3) is 5.56 Å². The molecule has 0 spiro atoms. The molecule has 0 saturated carbocycles. The maximum Gasteiger partial charge on any atom is 0.266 e. The van der Waals surface area contributed by atoms with Gasteiger partial charge in [-0.25, -0.2) is 4.68 Å². The summed E-state index contributed by atoms with van der Waals surface area (Å²) in [6, 6.07) is 21.1. The van der Waals surface area contributed by atoms with Crippen molar-refractivity contribution in [1.82, 2.24) is 15.1 Å². The van der Waals surface area contributed by atoms with E-state index in [1.165, 1.54) is 16.3 Å². The molecule has 3 rings (SSSR count). The lowest BCUT2D eigenvalue weighted by Crippen LogP contribution is -2.30. The smallest absolute Gasteiger partial charge is 0.266 e. The maximum absolute atomic E-state index is 12.3. The second kappa shape index (κ2) is 9.13. The first-order valence-corrected chi connectivity index (χ1v) is 9.58. The lowest BCUT2D eigenvalue weighted by atomic mass is 10.1. The Labute approximate surface area is 165 Å². The van der Waals surface area contributed by atoms with Crippen molar-refractivity contribution in [3.05, 3.63) is 88.2 Å². The van der Waals surface area contributed by atoms with E-state index in [9.17, 15) is 9.59 Å². The van der Waals surface area contributed by atoms with Crippen LogP contribution in [0.3, 0.4) is 0 Å². The number of nitrogens with one attached hydrogen (secondary N) is 1. The fraction of sp³-hybridized carbons (Fsp3) is 0.261. The monoisotopic (exact) mass is 375 g/mol. The van der Waals surface area contributed by atoms with Crippen molar-refractivity contribution in [2.24, 2.45) is 0 Å². The number of hydrogen-bond donors (Lipinski definition) is 1. The van der Waals surface area contributed by atoms with E-state index in [1.807, 2.05) is 49.4 Å². The van der Waals surface area contributed by atoms with Crippen LogP contribution in [0, 0.1) is 0 Å². The summed E-state index contributed by atoms with van der Waals surface area (Å²) in [5.74, 6) is -0.109. The molecule has 0 saturated heterocycles. The van der Waals surface area contributed by atoms with Crippen molar-refractivity contribution >= 4 is 5.91 Å². The summed E-state index contributed by atoms with van der Waals surface area (Å²) in [5, 5.41) is 7.39. The summed E-state index contributed by atoms with van der Waals surface area (Å²) in [6.45, 7) is 4.29. The summed E-state index contributed by atoms with van der Waals surface area (Å²) >= 11 is 0. The van der Waals surface area contributed by atoms with Gasteiger partial charge in [0.1, 0.15) is 0 Å². The molecule has 0 aliphatic rings. The largest absolute Gasteiger partial charge is 0.350 e. The van der Waals surface area contributed by atoms with E-state index in [2.05, 4.69) is 29.5 Å². The van der Waals surface area contributed by atoms with E-state index in [0.29, 0.717) is 0 Å². The molecule has 0 fully saturated rings. The molecule has 1 atom stereocenters. The Balaban J connectivity index is 1.65. The van der Waals surface area contributed by atoms with Crippen LogP contribution in [0.5, 0.6) is 0 Å². The minimum Gasteiger partial charge on any atom is -0.350 e. The third kappa shape index (κ3) is 4.94. The van der Waals surface area contributed by atoms with Gasteiger partial charge in [0.05, 0.1) is 18.3 Å². The molecule has 1 aromatic heterocycles. The number of carbonyl (C=O) groups is 1. The molecule has 5 heteroatoms. The molecule has 1 heterocycles. The number of carbonyl (C=O) groups excluding carboxylic acids is 1. The van der Waals surface area contributed by atoms with Crippen LogP contribution in [-0.2, 0) is 17.8 Å². The van der Waals surface area contributed by atoms with Gasteiger partial charge in [-0.2, -0.15) is 5.10 Å². The van der Waals surface area contributed by atoms with Crippen molar-refractivity contribution in [2.45, 2.75) is 39.3 Å². The van der Waals surface area contributed by atoms with E-state index >= 15 is 0 Å². The number of amides is 1. The quantitative estimate of drug-likeness (QED) is 0.684. The first kappa shape index (κ1) is 19.5. The Kier molecular flexibility index (Phi) is 6.37. The van der Waals surface area contributed by atoms with Crippen molar-refractivity contribution in [1.29, 1.82) is 0 Å². The molecule has 28 heavy (non-hydrogen) atoms. The van der Waals surface area contributed by atoms with Crippen LogP contribution in [0.15, 0.2) is 71.5 Å². The molecule has 0 aliphatic carbocycles. The van der Waals surface area contributed by atoms with Crippen LogP contribution in [0.25, 0.3) is 11.3 Å². The molecule has 1 N–H and O–H groups in total. The fourth-order valence-electron chi connectivity index (χ4n) is 3.02. The summed E-state index contributed by atoms with van der Waals surface area (Å²) < 4.78 is 1.36. The predicted molar refractivity (Wildman–Crippen MR) is 111 cm³/mol. The van der Waals surface area contributed by atoms with E-state index < -0.39 is 0 Å². The average molecular weight is 375 g/mol. The van der Waals surface area contributed by atoms with Crippen molar-refractivity contribution in [3.8, 4) is 11.3 Å². The average Bonchev–Trinajstić information content (AvgIpc) is 2.74. The van der Waals surface area contributed by atoms with E-state index in [1.54, 1.807) is 6.07 Å². The first-order valence-electron chi connectivity index (χ1n) is 9.58. The summed E-state index contributed by atoms with van der Waals surface area (Å²) in [4.78, 5) is 24.4. The number of hydrogen-bond acceptors (Lipinski definition) is 3. The van der Waals surface area contributed by atoms with Crippen LogP contribution >= 0.6 is 0 Å². The number of rotatable bonds is 7. The Morgan fingerprint density at radius 2 is 1.75 bits per heavy atom. The van der Waals surface area contributed by atoms with Crippen LogP contribution in [-0.4, -0.2) is 15.7 Å². The van der Waals surface area contributed by atoms with Gasteiger partial charge in [0.15, 0.2) is 0 Å². The zero-order valence-corrected chi connectivity index (χ0v) is 16.3.